The minimum atomic E-state index is -1.26. The first-order chi connectivity index (χ1) is 36.6. The van der Waals surface area contributed by atoms with Crippen molar-refractivity contribution in [1.82, 2.24) is 99.0 Å². The van der Waals surface area contributed by atoms with E-state index in [0.717, 1.165) is 29.2 Å². The van der Waals surface area contributed by atoms with Crippen LogP contribution in [0.4, 0.5) is 11.6 Å². The Bertz CT molecular complexity index is 3580. The van der Waals surface area contributed by atoms with E-state index in [0.29, 0.717) is 47.2 Å². The summed E-state index contributed by atoms with van der Waals surface area (Å²) < 4.78 is 14.5. The van der Waals surface area contributed by atoms with Gasteiger partial charge in [0.15, 0.2) is 34.4 Å². The van der Waals surface area contributed by atoms with E-state index in [1.54, 1.807) is 77.5 Å². The van der Waals surface area contributed by atoms with Crippen molar-refractivity contribution in [1.29, 1.82) is 0 Å². The van der Waals surface area contributed by atoms with Gasteiger partial charge in [0.2, 0.25) is 11.8 Å². The largest absolute Gasteiger partial charge is 0.476 e. The third-order valence-corrected chi connectivity index (χ3v) is 10.7. The summed E-state index contributed by atoms with van der Waals surface area (Å²) in [6.07, 6.45) is 22.8. The fourth-order valence-corrected chi connectivity index (χ4v) is 7.27. The van der Waals surface area contributed by atoms with Gasteiger partial charge >= 0.3 is 5.97 Å². The van der Waals surface area contributed by atoms with Crippen LogP contribution in [-0.2, 0) is 19.6 Å². The van der Waals surface area contributed by atoms with Crippen LogP contribution in [0.2, 0.25) is 0 Å². The number of hydrogen-bond donors (Lipinski definition) is 5. The summed E-state index contributed by atoms with van der Waals surface area (Å²) in [7, 11) is 0. The highest BCUT2D eigenvalue weighted by molar-refractivity contribution is 5.98. The number of imidazole rings is 2. The minimum absolute atomic E-state index is 0.00281. The van der Waals surface area contributed by atoms with Crippen molar-refractivity contribution in [3.8, 4) is 45.7 Å². The number of fused-ring (bicyclic) bond motifs is 2. The Labute approximate surface area is 432 Å². The summed E-state index contributed by atoms with van der Waals surface area (Å²) in [5, 5.41) is 36.0. The van der Waals surface area contributed by atoms with Crippen LogP contribution in [0.15, 0.2) is 120 Å². The van der Waals surface area contributed by atoms with E-state index >= 15 is 0 Å². The summed E-state index contributed by atoms with van der Waals surface area (Å²) in [4.78, 5) is 63.4. The van der Waals surface area contributed by atoms with Crippen LogP contribution in [0.3, 0.4) is 0 Å². The summed E-state index contributed by atoms with van der Waals surface area (Å²) in [6.45, 7) is 13.9. The first-order valence-corrected chi connectivity index (χ1v) is 23.5. The van der Waals surface area contributed by atoms with E-state index in [9.17, 15) is 14.7 Å². The first-order valence-electron chi connectivity index (χ1n) is 23.5. The zero-order valence-electron chi connectivity index (χ0n) is 42.1. The molecule has 0 radical (unpaired) electrons. The number of carbonyl (C=O) groups is 2. The number of amides is 1. The molecule has 0 spiro atoms. The Morgan fingerprint density at radius 1 is 0.579 bits per heavy atom. The fourth-order valence-electron chi connectivity index (χ4n) is 7.27. The molecule has 390 valence electrons. The summed E-state index contributed by atoms with van der Waals surface area (Å²) >= 11 is 0. The Kier molecular flexibility index (Phi) is 16.2. The Balaban J connectivity index is 0.000000155. The van der Waals surface area contributed by atoms with Gasteiger partial charge in [0, 0.05) is 59.4 Å². The molecule has 2 atom stereocenters. The van der Waals surface area contributed by atoms with E-state index in [-0.39, 0.29) is 52.6 Å². The van der Waals surface area contributed by atoms with Gasteiger partial charge in [-0.3, -0.25) is 4.79 Å². The smallest absolute Gasteiger partial charge is 0.358 e. The lowest BCUT2D eigenvalue weighted by atomic mass is 10.1. The van der Waals surface area contributed by atoms with Gasteiger partial charge in [0.1, 0.15) is 35.2 Å². The fraction of sp³-hybridized carbons (Fsp3) is 0.250. The van der Waals surface area contributed by atoms with E-state index in [1.165, 1.54) is 29.7 Å². The molecule has 1 amide bonds. The van der Waals surface area contributed by atoms with E-state index < -0.39 is 11.9 Å². The quantitative estimate of drug-likeness (QED) is 0.107. The van der Waals surface area contributed by atoms with Crippen LogP contribution in [0.1, 0.15) is 60.1 Å². The van der Waals surface area contributed by atoms with Crippen LogP contribution in [0, 0.1) is 19.8 Å². The van der Waals surface area contributed by atoms with Gasteiger partial charge in [-0.15, -0.1) is 0 Å². The molecule has 0 aliphatic carbocycles. The molecule has 28 nitrogen and oxygen atoms in total. The number of hydrogen-bond acceptors (Lipinski definition) is 21. The van der Waals surface area contributed by atoms with Crippen molar-refractivity contribution in [2.45, 2.75) is 73.3 Å². The SMILES string of the molecule is CC(C)Cn1nccn1.C[C@@H](N)Cn1nccn1.Cc1cnc2ccc(-c3nc(C(=O)N[C@H](C)Cn4nccn4)c(N)nc3-c3ncco3)cn12.Cc1cnc2ccc(-c3nc(C(=O)O)c(N)nc3-c3ncco3)cn12. The molecule has 0 fully saturated rings. The predicted molar refractivity (Wildman–Crippen MR) is 274 cm³/mol. The molecule has 0 aromatic carbocycles. The maximum Gasteiger partial charge on any atom is 0.358 e. The number of aromatic nitrogens is 19. The molecular weight excluding hydrogens is 979 g/mol. The van der Waals surface area contributed by atoms with Crippen molar-refractivity contribution < 1.29 is 23.5 Å². The lowest BCUT2D eigenvalue weighted by molar-refractivity contribution is 0.0691. The van der Waals surface area contributed by atoms with Gasteiger partial charge in [-0.05, 0) is 57.9 Å². The second-order valence-corrected chi connectivity index (χ2v) is 17.4. The third kappa shape index (κ3) is 12.7. The highest BCUT2D eigenvalue weighted by Gasteiger charge is 2.25. The van der Waals surface area contributed by atoms with Crippen LogP contribution < -0.4 is 22.5 Å². The summed E-state index contributed by atoms with van der Waals surface area (Å²) in [5.41, 5.74) is 23.1. The molecule has 0 aliphatic heterocycles. The van der Waals surface area contributed by atoms with E-state index in [1.807, 2.05) is 54.8 Å². The van der Waals surface area contributed by atoms with Crippen molar-refractivity contribution in [3.05, 3.63) is 134 Å². The number of carboxylic acid groups (broad SMARTS) is 1. The number of pyridine rings is 2. The maximum absolute atomic E-state index is 13.0. The zero-order valence-corrected chi connectivity index (χ0v) is 42.1. The minimum Gasteiger partial charge on any atom is -0.476 e. The van der Waals surface area contributed by atoms with Gasteiger partial charge in [-0.1, -0.05) is 13.8 Å². The third-order valence-electron chi connectivity index (χ3n) is 10.7. The highest BCUT2D eigenvalue weighted by atomic mass is 16.4. The monoisotopic (exact) mass is 1030 g/mol. The molecule has 0 unspecified atom stereocenters. The molecule has 11 aromatic heterocycles. The second-order valence-electron chi connectivity index (χ2n) is 17.4. The van der Waals surface area contributed by atoms with E-state index in [4.69, 9.17) is 26.0 Å². The molecule has 76 heavy (non-hydrogen) atoms. The molecule has 11 rings (SSSR count). The molecule has 11 aromatic rings. The van der Waals surface area contributed by atoms with Crippen LogP contribution in [-0.4, -0.2) is 123 Å². The van der Waals surface area contributed by atoms with Crippen molar-refractivity contribution in [2.24, 2.45) is 11.7 Å². The Morgan fingerprint density at radius 2 is 1.01 bits per heavy atom. The van der Waals surface area contributed by atoms with Crippen molar-refractivity contribution in [3.63, 3.8) is 0 Å². The lowest BCUT2D eigenvalue weighted by Gasteiger charge is -2.15. The van der Waals surface area contributed by atoms with Crippen molar-refractivity contribution >= 4 is 34.8 Å². The molecule has 0 saturated heterocycles. The van der Waals surface area contributed by atoms with Gasteiger partial charge < -0.3 is 45.3 Å². The maximum atomic E-state index is 13.0. The number of nitrogens with two attached hydrogens (primary N) is 3. The average Bonchev–Trinajstić information content (AvgIpc) is 4.27. The Morgan fingerprint density at radius 3 is 1.43 bits per heavy atom. The lowest BCUT2D eigenvalue weighted by Crippen LogP contribution is -2.37. The van der Waals surface area contributed by atoms with Gasteiger partial charge in [0.05, 0.1) is 69.2 Å². The van der Waals surface area contributed by atoms with Gasteiger partial charge in [0.25, 0.3) is 5.91 Å². The van der Waals surface area contributed by atoms with E-state index in [2.05, 4.69) is 89.6 Å². The number of nitrogens with one attached hydrogen (secondary N) is 1. The number of carbonyl (C=O) groups excluding carboxylic acids is 1. The molecule has 8 N–H and O–H groups in total. The number of carboxylic acids is 1. The number of nitrogen functional groups attached to an aromatic ring is 2. The number of nitrogens with zero attached hydrogens (tertiary/aromatic N) is 19. The highest BCUT2D eigenvalue weighted by Crippen LogP contribution is 2.32. The average molecular weight is 1030 g/mol. The summed E-state index contributed by atoms with van der Waals surface area (Å²) in [5.74, 6) is -0.884. The number of aryl methyl sites for hydroxylation is 2. The number of oxazole rings is 2. The molecule has 0 bridgehead atoms. The van der Waals surface area contributed by atoms with Crippen LogP contribution >= 0.6 is 0 Å². The second kappa shape index (κ2) is 23.6. The number of aromatic carboxylic acids is 1. The van der Waals surface area contributed by atoms with Gasteiger partial charge in [-0.25, -0.2) is 44.7 Å². The zero-order chi connectivity index (χ0) is 53.9. The number of anilines is 2. The van der Waals surface area contributed by atoms with Crippen LogP contribution in [0.25, 0.3) is 57.0 Å². The molecule has 28 heteroatoms. The summed E-state index contributed by atoms with van der Waals surface area (Å²) in [6, 6.07) is 7.14. The molecule has 11 heterocycles. The normalized spacial score (nSPS) is 11.8. The Hall–Kier alpha value is -10.1. The standard InChI is InChI=1S/C21H20N10O2.C16H12N6O3.C6H11N3.C5H10N4/c1-12(10-31-25-5-6-26-31)27-20(32)18-19(22)29-17(21-23-7-8-33-21)16(28-18)14-3-4-15-24-9-13(2)30(15)11-14;1-8-6-19-10-3-2-9(7-22(8)10)11-12(15-18-4-5-25-15)21-14(17)13(20-11)16(23)24;1-6(2)5-9-7-3-4-8-9;1-5(6)4-9-7-2-3-8-9/h3-9,11-12H,10H2,1-2H3,(H2,22,29)(H,27,32);2-7H,1H3,(H2,17,21)(H,23,24);3-4,6H,5H2,1-2H3;2-3,5H,4,6H2,1H3/t12-;;;5-/m1..1/s1. The molecule has 0 aliphatic rings. The number of rotatable bonds is 13. The van der Waals surface area contributed by atoms with Crippen LogP contribution in [0.5, 0.6) is 0 Å². The first kappa shape index (κ1) is 52.2. The predicted octanol–water partition coefficient (Wildman–Crippen LogP) is 4.34. The molecular formula is C48H53N23O5. The topological polar surface area (TPSA) is 375 Å². The van der Waals surface area contributed by atoms with Crippen molar-refractivity contribution in [2.75, 3.05) is 11.5 Å². The molecule has 0 saturated carbocycles. The van der Waals surface area contributed by atoms with Gasteiger partial charge in [-0.2, -0.15) is 45.0 Å².